The summed E-state index contributed by atoms with van der Waals surface area (Å²) in [6.07, 6.45) is 23.8. The summed E-state index contributed by atoms with van der Waals surface area (Å²) in [5.41, 5.74) is 19.7. The van der Waals surface area contributed by atoms with E-state index < -0.39 is 21.7 Å². The van der Waals surface area contributed by atoms with Gasteiger partial charge >= 0.3 is 0 Å². The Kier molecular flexibility index (Phi) is 41.7. The number of nitrogens with zero attached hydrogens (tertiary/aromatic N) is 10. The molecule has 0 saturated heterocycles. The molecule has 0 saturated carbocycles. The van der Waals surface area contributed by atoms with Crippen molar-refractivity contribution < 1.29 is 65.5 Å². The molecule has 0 spiro atoms. The Balaban J connectivity index is 0.000000188. The summed E-state index contributed by atoms with van der Waals surface area (Å²) >= 11 is 5.97. The van der Waals surface area contributed by atoms with Crippen molar-refractivity contribution in [2.75, 3.05) is 14.2 Å². The van der Waals surface area contributed by atoms with Gasteiger partial charge in [-0.2, -0.15) is 10.2 Å². The lowest BCUT2D eigenvalue weighted by Crippen LogP contribution is -2.44. The van der Waals surface area contributed by atoms with Crippen LogP contribution in [0.4, 0.5) is 0 Å². The van der Waals surface area contributed by atoms with Crippen molar-refractivity contribution in [3.63, 3.8) is 0 Å². The van der Waals surface area contributed by atoms with Crippen LogP contribution in [0.1, 0.15) is 247 Å². The Morgan fingerprint density at radius 3 is 0.865 bits per heavy atom. The van der Waals surface area contributed by atoms with Crippen LogP contribution in [0.3, 0.4) is 0 Å². The van der Waals surface area contributed by atoms with E-state index in [1.54, 1.807) is 95.5 Å². The van der Waals surface area contributed by atoms with Gasteiger partial charge in [0.1, 0.15) is 80.1 Å². The largest absolute Gasteiger partial charge is 0.496 e. The van der Waals surface area contributed by atoms with Crippen LogP contribution in [0.15, 0.2) is 210 Å². The summed E-state index contributed by atoms with van der Waals surface area (Å²) in [4.78, 5) is 141. The number of hydrogen-bond acceptors (Lipinski definition) is 26. The van der Waals surface area contributed by atoms with Gasteiger partial charge < -0.3 is 27.1 Å². The molecule has 0 aliphatic rings. The van der Waals surface area contributed by atoms with Crippen molar-refractivity contribution >= 4 is 135 Å². The van der Waals surface area contributed by atoms with E-state index in [2.05, 4.69) is 104 Å². The molecule has 24 nitrogen and oxygen atoms in total. The molecule has 148 heavy (non-hydrogen) atoms. The van der Waals surface area contributed by atoms with E-state index in [1.165, 1.54) is 45.3 Å². The van der Waals surface area contributed by atoms with Crippen LogP contribution in [-0.4, -0.2) is 110 Å². The molecule has 784 valence electrons. The second-order valence-electron chi connectivity index (χ2n) is 40.8. The maximum atomic E-state index is 14.7. The average molecular weight is 2080 g/mol. The standard InChI is InChI=1S/C36H44N2O5.C30H38N4O3.2C26H28N2O3S2.2CH4/c1-22(2)9-13-32(39)36(18-29-25(5)34(41-7)23(3)20-37-29,19-30-26(6)35(42-8)24(4)21-38-30)33(40)14-11-27-10-12-31-28(17-27)15-16-43-31;1-20(2)7-11-28(35)30(18-25-15-21(3)33(5)31-25,19-26-16-22(4)34(6)32-26)29(36)12-9-23-8-10-27-24(17-23)13-14-37-27;1-18(2)3-7-24(29)26(12-21-14-32-16-27-21,13-22-15-33-17-28-22)25(30)8-5-19-4-6-23-20(11-19)9-10-31-23;1-18(2)3-7-24(29)26(12-21-14-27-16-32-21,13-22-15-28-17-33-22)25(30)8-5-19-4-6-23-20(11-19)9-10-31-23;;/h10,12,15-17,20-22H,9,11,13-14,18-19H2,1-8H3;8,10,13-17,20H,7,9,11-12,18-19H2,1-6H3;2*4,6,9-11,14-18H,3,5,7-8,12-13H2,1-2H3;2*1H4. The first-order valence-electron chi connectivity index (χ1n) is 50.6. The number of thiazole rings is 4. The zero-order valence-corrected chi connectivity index (χ0v) is 90.8. The average Bonchev–Trinajstić information content (AvgIpc) is 0.879. The zero-order chi connectivity index (χ0) is 105. The second-order valence-corrected chi connectivity index (χ2v) is 44.2. The van der Waals surface area contributed by atoms with Crippen molar-refractivity contribution in [1.82, 2.24) is 49.5 Å². The molecule has 0 amide bonds. The molecule has 12 aromatic heterocycles. The Morgan fingerprint density at radius 2 is 0.615 bits per heavy atom. The second kappa shape index (κ2) is 53.4. The lowest BCUT2D eigenvalue weighted by Gasteiger charge is -2.33. The number of methoxy groups -OCH3 is 2. The van der Waals surface area contributed by atoms with Crippen LogP contribution >= 0.6 is 45.3 Å². The van der Waals surface area contributed by atoms with Crippen molar-refractivity contribution in [2.24, 2.45) is 59.4 Å². The van der Waals surface area contributed by atoms with E-state index in [0.717, 1.165) is 163 Å². The maximum Gasteiger partial charge on any atom is 0.147 e. The summed E-state index contributed by atoms with van der Waals surface area (Å²) in [5, 5.41) is 17.2. The number of aromatic nitrogens is 10. The number of carbonyl (C=O) groups is 8. The van der Waals surface area contributed by atoms with E-state index in [-0.39, 0.29) is 99.6 Å². The van der Waals surface area contributed by atoms with Crippen LogP contribution < -0.4 is 9.47 Å². The van der Waals surface area contributed by atoms with Gasteiger partial charge in [0.05, 0.1) is 106 Å². The summed E-state index contributed by atoms with van der Waals surface area (Å²) in [6.45, 7) is 28.5. The van der Waals surface area contributed by atoms with Crippen molar-refractivity contribution in [2.45, 2.75) is 266 Å². The lowest BCUT2D eigenvalue weighted by atomic mass is 9.68. The third-order valence-corrected chi connectivity index (χ3v) is 31.1. The monoisotopic (exact) mass is 2080 g/mol. The number of carbonyl (C=O) groups excluding carboxylic acids is 8. The first-order valence-corrected chi connectivity index (χ1v) is 54.2. The molecule has 16 aromatic rings. The predicted molar refractivity (Wildman–Crippen MR) is 592 cm³/mol. The molecular weight excluding hydrogens is 1930 g/mol. The minimum absolute atomic E-state index is 0. The van der Waals surface area contributed by atoms with Gasteiger partial charge in [-0.1, -0.05) is 94.5 Å². The van der Waals surface area contributed by atoms with E-state index in [1.807, 2.05) is 157 Å². The Morgan fingerprint density at radius 1 is 0.338 bits per heavy atom. The van der Waals surface area contributed by atoms with Gasteiger partial charge in [-0.05, 0) is 224 Å². The number of ketones is 8. The Bertz CT molecular complexity index is 6670. The van der Waals surface area contributed by atoms with Gasteiger partial charge in [0, 0.05) is 229 Å². The normalized spacial score (nSPS) is 11.8. The number of Topliss-reactive ketones (excluding diaryl/α,β-unsaturated/α-hetero) is 8. The summed E-state index contributed by atoms with van der Waals surface area (Å²) in [6, 6.07) is 35.5. The minimum atomic E-state index is -1.36. The number of pyridine rings is 2. The molecule has 0 aliphatic carbocycles. The molecule has 0 N–H and O–H groups in total. The van der Waals surface area contributed by atoms with Crippen molar-refractivity contribution in [3.8, 4) is 11.5 Å². The maximum absolute atomic E-state index is 14.7. The molecule has 0 bridgehead atoms. The van der Waals surface area contributed by atoms with Crippen molar-refractivity contribution in [3.05, 3.63) is 292 Å². The topological polar surface area (TPSA) is 321 Å². The molecular formula is C120H146N10O14S4. The number of rotatable bonds is 50. The molecule has 4 aromatic carbocycles. The fourth-order valence-corrected chi connectivity index (χ4v) is 21.9. The predicted octanol–water partition coefficient (Wildman–Crippen LogP) is 26.9. The van der Waals surface area contributed by atoms with Crippen LogP contribution in [-0.2, 0) is 130 Å². The summed E-state index contributed by atoms with van der Waals surface area (Å²) < 4.78 is 36.8. The van der Waals surface area contributed by atoms with Gasteiger partial charge in [-0.3, -0.25) is 67.7 Å². The van der Waals surface area contributed by atoms with Crippen LogP contribution in [0.25, 0.3) is 43.9 Å². The van der Waals surface area contributed by atoms with E-state index in [0.29, 0.717) is 131 Å². The molecule has 0 radical (unpaired) electrons. The smallest absolute Gasteiger partial charge is 0.147 e. The molecule has 0 atom stereocenters. The van der Waals surface area contributed by atoms with Gasteiger partial charge in [-0.25, -0.2) is 9.97 Å². The van der Waals surface area contributed by atoms with E-state index in [9.17, 15) is 38.4 Å². The molecule has 16 rings (SSSR count). The lowest BCUT2D eigenvalue weighted by molar-refractivity contribution is -0.142. The number of hydrogen-bond donors (Lipinski definition) is 0. The molecule has 0 fully saturated rings. The number of aryl methyl sites for hydroxylation is 10. The summed E-state index contributed by atoms with van der Waals surface area (Å²) in [5.74, 6) is 2.72. The van der Waals surface area contributed by atoms with Crippen LogP contribution in [0, 0.1) is 86.9 Å². The first-order chi connectivity index (χ1) is 70.0. The number of fused-ring (bicyclic) bond motifs is 4. The Labute approximate surface area is 887 Å². The summed E-state index contributed by atoms with van der Waals surface area (Å²) in [7, 11) is 7.04. The first kappa shape index (κ1) is 116. The fourth-order valence-electron chi connectivity index (χ4n) is 19.4. The van der Waals surface area contributed by atoms with Crippen LogP contribution in [0.5, 0.6) is 11.5 Å². The molecule has 0 unspecified atom stereocenters. The fraction of sp³-hybridized carbons (Fsp3) is 0.433. The molecule has 0 aliphatic heterocycles. The van der Waals surface area contributed by atoms with Gasteiger partial charge in [0.2, 0.25) is 0 Å². The SMILES string of the molecule is C.C.CC(C)CCC(=O)C(Cc1cncs1)(Cc1cncs1)C(=O)CCc1ccc2occc2c1.CC(C)CCC(=O)C(Cc1cscn1)(Cc1cscn1)C(=O)CCc1ccc2occc2c1.COc1c(C)cnc(CC(Cc2ncc(C)c(OC)c2C)(C(=O)CCc2ccc3occc3c2)C(=O)CCC(C)C)c1C.Cc1cc(CC(Cc2cc(C)n(C)n2)(C(=O)CCc2ccc3occc3c2)C(=O)CCC(C)C)nn1C. The third kappa shape index (κ3) is 29.5. The van der Waals surface area contributed by atoms with Crippen LogP contribution in [0.2, 0.25) is 0 Å². The third-order valence-electron chi connectivity index (χ3n) is 28.3. The molecule has 28 heteroatoms. The highest BCUT2D eigenvalue weighted by atomic mass is 32.1. The highest BCUT2D eigenvalue weighted by molar-refractivity contribution is 7.10. The molecule has 12 heterocycles. The van der Waals surface area contributed by atoms with Gasteiger partial charge in [0.15, 0.2) is 0 Å². The highest BCUT2D eigenvalue weighted by Crippen LogP contribution is 2.43. The number of furan rings is 4. The zero-order valence-electron chi connectivity index (χ0n) is 87.6. The highest BCUT2D eigenvalue weighted by Gasteiger charge is 2.50. The number of ether oxygens (including phenoxy) is 2. The van der Waals surface area contributed by atoms with E-state index >= 15 is 0 Å². The number of benzene rings is 4. The van der Waals surface area contributed by atoms with E-state index in [4.69, 9.17) is 37.1 Å². The van der Waals surface area contributed by atoms with Gasteiger partial charge in [0.25, 0.3) is 0 Å². The van der Waals surface area contributed by atoms with Crippen molar-refractivity contribution in [1.29, 1.82) is 0 Å². The Hall–Kier alpha value is -12.8. The minimum Gasteiger partial charge on any atom is -0.496 e. The quantitative estimate of drug-likeness (QED) is 0.0320. The van der Waals surface area contributed by atoms with Gasteiger partial charge in [-0.15, -0.1) is 45.3 Å².